The van der Waals surface area contributed by atoms with Gasteiger partial charge in [-0.2, -0.15) is 11.8 Å². The van der Waals surface area contributed by atoms with Crippen LogP contribution in [0.3, 0.4) is 0 Å². The first kappa shape index (κ1) is 11.5. The SMILES string of the molecule is CC(C)(N)CSCCc1cccnc1. The number of thioether (sulfide) groups is 1. The summed E-state index contributed by atoms with van der Waals surface area (Å²) in [5.74, 6) is 2.12. The number of hydrogen-bond donors (Lipinski definition) is 1. The van der Waals surface area contributed by atoms with Crippen molar-refractivity contribution in [1.82, 2.24) is 4.98 Å². The van der Waals surface area contributed by atoms with Crippen molar-refractivity contribution >= 4 is 11.8 Å². The average molecular weight is 210 g/mol. The van der Waals surface area contributed by atoms with Gasteiger partial charge in [-0.05, 0) is 37.7 Å². The second kappa shape index (κ2) is 5.37. The van der Waals surface area contributed by atoms with Gasteiger partial charge in [-0.15, -0.1) is 0 Å². The maximum Gasteiger partial charge on any atom is 0.0300 e. The number of nitrogens with two attached hydrogens (primary N) is 1. The van der Waals surface area contributed by atoms with Crippen LogP contribution in [0, 0.1) is 0 Å². The molecule has 0 aromatic carbocycles. The van der Waals surface area contributed by atoms with Crippen LogP contribution >= 0.6 is 11.8 Å². The van der Waals surface area contributed by atoms with Gasteiger partial charge in [-0.3, -0.25) is 4.98 Å². The van der Waals surface area contributed by atoms with Gasteiger partial charge < -0.3 is 5.73 Å². The molecule has 0 saturated carbocycles. The van der Waals surface area contributed by atoms with E-state index in [0.29, 0.717) is 0 Å². The highest BCUT2D eigenvalue weighted by Gasteiger charge is 2.09. The molecule has 0 spiro atoms. The molecule has 0 unspecified atom stereocenters. The predicted octanol–water partition coefficient (Wildman–Crippen LogP) is 2.09. The molecular formula is C11H18N2S. The minimum atomic E-state index is -0.0559. The molecule has 1 aromatic rings. The lowest BCUT2D eigenvalue weighted by Gasteiger charge is -2.17. The number of hydrogen-bond acceptors (Lipinski definition) is 3. The van der Waals surface area contributed by atoms with Gasteiger partial charge in [-0.1, -0.05) is 6.07 Å². The van der Waals surface area contributed by atoms with Gasteiger partial charge in [0.05, 0.1) is 0 Å². The Morgan fingerprint density at radius 2 is 2.29 bits per heavy atom. The summed E-state index contributed by atoms with van der Waals surface area (Å²) in [5, 5.41) is 0. The van der Waals surface area contributed by atoms with Crippen LogP contribution in [0.4, 0.5) is 0 Å². The Kier molecular flexibility index (Phi) is 4.42. The number of aryl methyl sites for hydroxylation is 1. The maximum atomic E-state index is 5.88. The number of rotatable bonds is 5. The van der Waals surface area contributed by atoms with Crippen molar-refractivity contribution in [2.24, 2.45) is 5.73 Å². The highest BCUT2D eigenvalue weighted by atomic mass is 32.2. The zero-order chi connectivity index (χ0) is 10.4. The molecule has 78 valence electrons. The highest BCUT2D eigenvalue weighted by molar-refractivity contribution is 7.99. The Bertz CT molecular complexity index is 254. The smallest absolute Gasteiger partial charge is 0.0300 e. The predicted molar refractivity (Wildman–Crippen MR) is 63.5 cm³/mol. The van der Waals surface area contributed by atoms with Crippen molar-refractivity contribution in [3.63, 3.8) is 0 Å². The fraction of sp³-hybridized carbons (Fsp3) is 0.545. The third-order valence-electron chi connectivity index (χ3n) is 1.73. The van der Waals surface area contributed by atoms with E-state index in [2.05, 4.69) is 24.9 Å². The largest absolute Gasteiger partial charge is 0.325 e. The van der Waals surface area contributed by atoms with E-state index in [9.17, 15) is 0 Å². The number of pyridine rings is 1. The quantitative estimate of drug-likeness (QED) is 0.756. The Morgan fingerprint density at radius 3 is 2.86 bits per heavy atom. The van der Waals surface area contributed by atoms with E-state index in [-0.39, 0.29) is 5.54 Å². The van der Waals surface area contributed by atoms with Crippen molar-refractivity contribution in [2.75, 3.05) is 11.5 Å². The molecule has 0 aliphatic heterocycles. The highest BCUT2D eigenvalue weighted by Crippen LogP contribution is 2.11. The first-order chi connectivity index (χ1) is 6.58. The van der Waals surface area contributed by atoms with Gasteiger partial charge in [0.2, 0.25) is 0 Å². The Labute approximate surface area is 90.3 Å². The van der Waals surface area contributed by atoms with Crippen LogP contribution in [0.5, 0.6) is 0 Å². The second-order valence-corrected chi connectivity index (χ2v) is 5.26. The van der Waals surface area contributed by atoms with Crippen LogP contribution in [0.15, 0.2) is 24.5 Å². The fourth-order valence-electron chi connectivity index (χ4n) is 1.07. The van der Waals surface area contributed by atoms with Gasteiger partial charge in [0.1, 0.15) is 0 Å². The fourth-order valence-corrected chi connectivity index (χ4v) is 2.12. The van der Waals surface area contributed by atoms with Crippen molar-refractivity contribution in [3.8, 4) is 0 Å². The summed E-state index contributed by atoms with van der Waals surface area (Å²) >= 11 is 1.90. The van der Waals surface area contributed by atoms with Crippen molar-refractivity contribution in [1.29, 1.82) is 0 Å². The van der Waals surface area contributed by atoms with Gasteiger partial charge in [-0.25, -0.2) is 0 Å². The molecule has 1 heterocycles. The molecule has 0 radical (unpaired) electrons. The van der Waals surface area contributed by atoms with Gasteiger partial charge in [0.15, 0.2) is 0 Å². The van der Waals surface area contributed by atoms with Crippen molar-refractivity contribution in [2.45, 2.75) is 25.8 Å². The lowest BCUT2D eigenvalue weighted by Crippen LogP contribution is -2.34. The molecule has 1 aromatic heterocycles. The van der Waals surface area contributed by atoms with Crippen LogP contribution in [-0.4, -0.2) is 22.0 Å². The zero-order valence-corrected chi connectivity index (χ0v) is 9.68. The Balaban J connectivity index is 2.17. The summed E-state index contributed by atoms with van der Waals surface area (Å²) in [5.41, 5.74) is 7.13. The van der Waals surface area contributed by atoms with Crippen LogP contribution < -0.4 is 5.73 Å². The van der Waals surface area contributed by atoms with Gasteiger partial charge in [0.25, 0.3) is 0 Å². The number of aromatic nitrogens is 1. The minimum absolute atomic E-state index is 0.0559. The van der Waals surface area contributed by atoms with E-state index in [1.54, 1.807) is 6.20 Å². The van der Waals surface area contributed by atoms with Crippen LogP contribution in [-0.2, 0) is 6.42 Å². The molecule has 3 heteroatoms. The summed E-state index contributed by atoms with van der Waals surface area (Å²) in [7, 11) is 0. The lowest BCUT2D eigenvalue weighted by molar-refractivity contribution is 0.591. The summed E-state index contributed by atoms with van der Waals surface area (Å²) in [6.07, 6.45) is 4.81. The molecule has 0 aliphatic rings. The molecule has 14 heavy (non-hydrogen) atoms. The van der Waals surface area contributed by atoms with Crippen LogP contribution in [0.25, 0.3) is 0 Å². The normalized spacial score (nSPS) is 11.6. The summed E-state index contributed by atoms with van der Waals surface area (Å²) in [6.45, 7) is 4.12. The topological polar surface area (TPSA) is 38.9 Å². The van der Waals surface area contributed by atoms with E-state index in [1.165, 1.54) is 5.56 Å². The molecule has 0 amide bonds. The molecule has 1 rings (SSSR count). The minimum Gasteiger partial charge on any atom is -0.325 e. The zero-order valence-electron chi connectivity index (χ0n) is 8.86. The monoisotopic (exact) mass is 210 g/mol. The maximum absolute atomic E-state index is 5.88. The molecule has 2 N–H and O–H groups in total. The Hall–Kier alpha value is -0.540. The number of nitrogens with zero attached hydrogens (tertiary/aromatic N) is 1. The average Bonchev–Trinajstić information content (AvgIpc) is 2.13. The first-order valence-corrected chi connectivity index (χ1v) is 5.99. The molecule has 0 bridgehead atoms. The summed E-state index contributed by atoms with van der Waals surface area (Å²) < 4.78 is 0. The Morgan fingerprint density at radius 1 is 1.50 bits per heavy atom. The third kappa shape index (κ3) is 5.25. The second-order valence-electron chi connectivity index (χ2n) is 4.15. The van der Waals surface area contributed by atoms with Crippen LogP contribution in [0.2, 0.25) is 0 Å². The molecule has 0 saturated heterocycles. The van der Waals surface area contributed by atoms with E-state index < -0.39 is 0 Å². The summed E-state index contributed by atoms with van der Waals surface area (Å²) in [6, 6.07) is 4.09. The van der Waals surface area contributed by atoms with Gasteiger partial charge in [0, 0.05) is 23.7 Å². The first-order valence-electron chi connectivity index (χ1n) is 4.83. The molecule has 0 fully saturated rings. The standard InChI is InChI=1S/C11H18N2S/c1-11(2,12)9-14-7-5-10-4-3-6-13-8-10/h3-4,6,8H,5,7,9,12H2,1-2H3. The summed E-state index contributed by atoms with van der Waals surface area (Å²) in [4.78, 5) is 4.08. The van der Waals surface area contributed by atoms with Gasteiger partial charge >= 0.3 is 0 Å². The molecule has 2 nitrogen and oxygen atoms in total. The third-order valence-corrected chi connectivity index (χ3v) is 3.17. The van der Waals surface area contributed by atoms with Crippen molar-refractivity contribution in [3.05, 3.63) is 30.1 Å². The van der Waals surface area contributed by atoms with E-state index in [4.69, 9.17) is 5.73 Å². The molecular weight excluding hydrogens is 192 g/mol. The van der Waals surface area contributed by atoms with E-state index >= 15 is 0 Å². The van der Waals surface area contributed by atoms with E-state index in [0.717, 1.165) is 17.9 Å². The van der Waals surface area contributed by atoms with E-state index in [1.807, 2.05) is 24.0 Å². The van der Waals surface area contributed by atoms with Crippen molar-refractivity contribution < 1.29 is 0 Å². The molecule has 0 aliphatic carbocycles. The lowest BCUT2D eigenvalue weighted by atomic mass is 10.1. The molecule has 0 atom stereocenters. The van der Waals surface area contributed by atoms with Crippen LogP contribution in [0.1, 0.15) is 19.4 Å².